The van der Waals surface area contributed by atoms with Gasteiger partial charge in [0.05, 0.1) is 27.5 Å². The quantitative estimate of drug-likeness (QED) is 0.803. The van der Waals surface area contributed by atoms with Crippen molar-refractivity contribution in [1.82, 2.24) is 18.7 Å². The van der Waals surface area contributed by atoms with Gasteiger partial charge in [-0.1, -0.05) is 23.2 Å². The molecule has 0 fully saturated rings. The first kappa shape index (κ1) is 12.5. The maximum absolute atomic E-state index is 6.19. The van der Waals surface area contributed by atoms with Gasteiger partial charge < -0.3 is 5.32 Å². The second-order valence-corrected chi connectivity index (χ2v) is 5.12. The van der Waals surface area contributed by atoms with Crippen molar-refractivity contribution >= 4 is 51.7 Å². The summed E-state index contributed by atoms with van der Waals surface area (Å²) in [7, 11) is 0. The van der Waals surface area contributed by atoms with E-state index in [1.165, 1.54) is 6.33 Å². The van der Waals surface area contributed by atoms with E-state index < -0.39 is 0 Å². The topological polar surface area (TPSA) is 63.6 Å². The van der Waals surface area contributed by atoms with Crippen LogP contribution in [-0.2, 0) is 6.54 Å². The SMILES string of the molecule is Clc1cc(Cl)c2nsnc2c1NCc1cncnc1. The number of nitrogens with one attached hydrogen (secondary N) is 1. The second-order valence-electron chi connectivity index (χ2n) is 3.78. The van der Waals surface area contributed by atoms with Gasteiger partial charge in [-0.3, -0.25) is 0 Å². The molecule has 1 N–H and O–H groups in total. The van der Waals surface area contributed by atoms with Crippen LogP contribution in [0.4, 0.5) is 5.69 Å². The Morgan fingerprint density at radius 3 is 2.58 bits per heavy atom. The van der Waals surface area contributed by atoms with Gasteiger partial charge in [0.1, 0.15) is 17.4 Å². The fraction of sp³-hybridized carbons (Fsp3) is 0.0909. The molecule has 0 bridgehead atoms. The first-order valence-corrected chi connectivity index (χ1v) is 6.82. The molecule has 0 saturated carbocycles. The lowest BCUT2D eigenvalue weighted by Gasteiger charge is -2.09. The minimum atomic E-state index is 0.502. The van der Waals surface area contributed by atoms with Crippen LogP contribution in [0.2, 0.25) is 10.0 Å². The number of aromatic nitrogens is 4. The van der Waals surface area contributed by atoms with Crippen LogP contribution in [0.25, 0.3) is 11.0 Å². The average Bonchev–Trinajstić information content (AvgIpc) is 2.89. The maximum Gasteiger partial charge on any atom is 0.130 e. The molecule has 8 heteroatoms. The number of anilines is 1. The average molecular weight is 312 g/mol. The maximum atomic E-state index is 6.19. The number of halogens is 2. The third-order valence-corrected chi connectivity index (χ3v) is 3.64. The molecule has 0 amide bonds. The monoisotopic (exact) mass is 311 g/mol. The van der Waals surface area contributed by atoms with Crippen LogP contribution in [0.5, 0.6) is 0 Å². The molecule has 0 aliphatic rings. The Labute approximate surface area is 122 Å². The van der Waals surface area contributed by atoms with Gasteiger partial charge in [-0.05, 0) is 6.07 Å². The summed E-state index contributed by atoms with van der Waals surface area (Å²) in [5.41, 5.74) is 3.01. The lowest BCUT2D eigenvalue weighted by molar-refractivity contribution is 1.05. The van der Waals surface area contributed by atoms with Gasteiger partial charge in [0, 0.05) is 24.5 Å². The molecule has 0 unspecified atom stereocenters. The van der Waals surface area contributed by atoms with Crippen molar-refractivity contribution in [2.75, 3.05) is 5.32 Å². The lowest BCUT2D eigenvalue weighted by Crippen LogP contribution is -2.01. The van der Waals surface area contributed by atoms with Crippen LogP contribution in [0.15, 0.2) is 24.8 Å². The first-order valence-electron chi connectivity index (χ1n) is 5.33. The van der Waals surface area contributed by atoms with Crippen molar-refractivity contribution in [3.05, 3.63) is 40.4 Å². The molecule has 19 heavy (non-hydrogen) atoms. The molecule has 2 aromatic heterocycles. The highest BCUT2D eigenvalue weighted by Crippen LogP contribution is 2.35. The zero-order chi connectivity index (χ0) is 13.2. The normalized spacial score (nSPS) is 10.8. The molecule has 3 rings (SSSR count). The van der Waals surface area contributed by atoms with Gasteiger partial charge in [0.15, 0.2) is 0 Å². The van der Waals surface area contributed by atoms with E-state index in [9.17, 15) is 0 Å². The van der Waals surface area contributed by atoms with E-state index >= 15 is 0 Å². The largest absolute Gasteiger partial charge is 0.378 e. The summed E-state index contributed by atoms with van der Waals surface area (Å²) in [5, 5.41) is 4.24. The Hall–Kier alpha value is -1.50. The van der Waals surface area contributed by atoms with E-state index in [1.807, 2.05) is 0 Å². The Morgan fingerprint density at radius 2 is 1.79 bits per heavy atom. The molecule has 2 heterocycles. The predicted molar refractivity (Wildman–Crippen MR) is 76.8 cm³/mol. The fourth-order valence-electron chi connectivity index (χ4n) is 1.65. The summed E-state index contributed by atoms with van der Waals surface area (Å²) in [6, 6.07) is 1.66. The van der Waals surface area contributed by atoms with Crippen molar-refractivity contribution < 1.29 is 0 Å². The molecule has 0 atom stereocenters. The van der Waals surface area contributed by atoms with Crippen molar-refractivity contribution in [2.24, 2.45) is 0 Å². The summed E-state index contributed by atoms with van der Waals surface area (Å²) >= 11 is 13.4. The highest BCUT2D eigenvalue weighted by atomic mass is 35.5. The Kier molecular flexibility index (Phi) is 3.46. The minimum Gasteiger partial charge on any atom is -0.378 e. The van der Waals surface area contributed by atoms with Gasteiger partial charge in [0.2, 0.25) is 0 Å². The van der Waals surface area contributed by atoms with Crippen molar-refractivity contribution in [2.45, 2.75) is 6.54 Å². The van der Waals surface area contributed by atoms with Gasteiger partial charge in [-0.25, -0.2) is 9.97 Å². The van der Waals surface area contributed by atoms with E-state index in [1.54, 1.807) is 18.5 Å². The van der Waals surface area contributed by atoms with Crippen molar-refractivity contribution in [3.8, 4) is 0 Å². The molecule has 0 saturated heterocycles. The molecule has 0 aliphatic carbocycles. The Morgan fingerprint density at radius 1 is 1.05 bits per heavy atom. The highest BCUT2D eigenvalue weighted by Gasteiger charge is 2.13. The standard InChI is InChI=1S/C11H7Cl2N5S/c12-7-1-8(13)10-11(18-19-17-10)9(7)16-4-6-2-14-5-15-3-6/h1-3,5,16H,4H2. The molecule has 0 aliphatic heterocycles. The zero-order valence-electron chi connectivity index (χ0n) is 9.47. The van der Waals surface area contributed by atoms with E-state index in [4.69, 9.17) is 23.2 Å². The van der Waals surface area contributed by atoms with E-state index in [-0.39, 0.29) is 0 Å². The zero-order valence-corrected chi connectivity index (χ0v) is 11.8. The molecule has 96 valence electrons. The summed E-state index contributed by atoms with van der Waals surface area (Å²) in [4.78, 5) is 7.91. The summed E-state index contributed by atoms with van der Waals surface area (Å²) < 4.78 is 8.37. The molecule has 0 radical (unpaired) electrons. The number of nitrogens with zero attached hydrogens (tertiary/aromatic N) is 4. The van der Waals surface area contributed by atoms with Gasteiger partial charge in [-0.15, -0.1) is 0 Å². The summed E-state index contributed by atoms with van der Waals surface area (Å²) in [5.74, 6) is 0. The van der Waals surface area contributed by atoms with Crippen LogP contribution in [-0.4, -0.2) is 18.7 Å². The van der Waals surface area contributed by atoms with E-state index in [2.05, 4.69) is 24.0 Å². The van der Waals surface area contributed by atoms with Crippen LogP contribution < -0.4 is 5.32 Å². The van der Waals surface area contributed by atoms with Crippen LogP contribution in [0, 0.1) is 0 Å². The van der Waals surface area contributed by atoms with Crippen molar-refractivity contribution in [3.63, 3.8) is 0 Å². The van der Waals surface area contributed by atoms with E-state index in [0.29, 0.717) is 27.6 Å². The van der Waals surface area contributed by atoms with Crippen LogP contribution >= 0.6 is 34.9 Å². The molecule has 1 aromatic carbocycles. The summed E-state index contributed by atoms with van der Waals surface area (Å²) in [6.07, 6.45) is 4.96. The van der Waals surface area contributed by atoms with Crippen LogP contribution in [0.3, 0.4) is 0 Å². The Bertz CT molecular complexity index is 716. The molecular formula is C11H7Cl2N5S. The number of fused-ring (bicyclic) bond motifs is 1. The minimum absolute atomic E-state index is 0.502. The molecule has 5 nitrogen and oxygen atoms in total. The fourth-order valence-corrected chi connectivity index (χ4v) is 2.83. The lowest BCUT2D eigenvalue weighted by atomic mass is 10.2. The smallest absolute Gasteiger partial charge is 0.130 e. The highest BCUT2D eigenvalue weighted by molar-refractivity contribution is 7.00. The third-order valence-electron chi connectivity index (χ3n) is 2.53. The van der Waals surface area contributed by atoms with Gasteiger partial charge >= 0.3 is 0 Å². The molecule has 0 spiro atoms. The number of hydrogen-bond donors (Lipinski definition) is 1. The predicted octanol–water partition coefficient (Wildman–Crippen LogP) is 3.40. The molecular weight excluding hydrogens is 305 g/mol. The number of benzene rings is 1. The second kappa shape index (κ2) is 5.24. The van der Waals surface area contributed by atoms with Crippen LogP contribution in [0.1, 0.15) is 5.56 Å². The number of rotatable bonds is 3. The first-order chi connectivity index (χ1) is 9.25. The third kappa shape index (κ3) is 2.47. The van der Waals surface area contributed by atoms with Gasteiger partial charge in [-0.2, -0.15) is 8.75 Å². The number of hydrogen-bond acceptors (Lipinski definition) is 6. The van der Waals surface area contributed by atoms with E-state index in [0.717, 1.165) is 23.0 Å². The Balaban J connectivity index is 1.95. The van der Waals surface area contributed by atoms with Crippen molar-refractivity contribution in [1.29, 1.82) is 0 Å². The summed E-state index contributed by atoms with van der Waals surface area (Å²) in [6.45, 7) is 0.550. The molecule has 3 aromatic rings. The van der Waals surface area contributed by atoms with Gasteiger partial charge in [0.25, 0.3) is 0 Å².